The summed E-state index contributed by atoms with van der Waals surface area (Å²) in [6.07, 6.45) is 0.917. The number of aromatic nitrogens is 1. The fraction of sp³-hybridized carbons (Fsp3) is 0.630. The Bertz CT molecular complexity index is 2000. The zero-order valence-electron chi connectivity index (χ0n) is 40.0. The van der Waals surface area contributed by atoms with Gasteiger partial charge in [0.05, 0.1) is 18.0 Å². The number of ether oxygens (including phenoxy) is 3. The Morgan fingerprint density at radius 1 is 0.970 bits per heavy atom. The maximum Gasteiger partial charge on any atom is 0.426 e. The number of Topliss-reactive ketones (excluding diaryl/α,β-unsaturated/α-hetero) is 1. The highest BCUT2D eigenvalue weighted by atomic mass is 32.1. The van der Waals surface area contributed by atoms with Crippen LogP contribution < -0.4 is 21.5 Å². The number of thiol groups is 1. The largest absolute Gasteiger partial charge is 0.508 e. The predicted octanol–water partition coefficient (Wildman–Crippen LogP) is 4.49. The number of carbonyl (C=O) groups is 8. The van der Waals surface area contributed by atoms with Gasteiger partial charge in [0.1, 0.15) is 29.1 Å². The minimum absolute atomic E-state index is 0.0197. The van der Waals surface area contributed by atoms with E-state index in [4.69, 9.17) is 14.2 Å². The Kier molecular flexibility index (Phi) is 23.0. The molecule has 0 aliphatic carbocycles. The van der Waals surface area contributed by atoms with Crippen molar-refractivity contribution in [3.8, 4) is 5.75 Å². The number of nitrogens with zero attached hydrogens (tertiary/aromatic N) is 3. The van der Waals surface area contributed by atoms with Crippen LogP contribution in [0.2, 0.25) is 0 Å². The van der Waals surface area contributed by atoms with Crippen molar-refractivity contribution in [2.75, 3.05) is 32.7 Å². The van der Waals surface area contributed by atoms with Crippen LogP contribution in [0.5, 0.6) is 5.75 Å². The van der Waals surface area contributed by atoms with E-state index >= 15 is 0 Å². The molecule has 372 valence electrons. The summed E-state index contributed by atoms with van der Waals surface area (Å²) in [4.78, 5) is 115. The first kappa shape index (κ1) is 56.0. The minimum Gasteiger partial charge on any atom is -0.508 e. The molecule has 1 unspecified atom stereocenters. The van der Waals surface area contributed by atoms with Gasteiger partial charge >= 0.3 is 18.0 Å². The molecule has 0 bridgehead atoms. The first-order chi connectivity index (χ1) is 31.7. The van der Waals surface area contributed by atoms with Crippen LogP contribution in [-0.4, -0.2) is 124 Å². The maximum atomic E-state index is 14.9. The van der Waals surface area contributed by atoms with Gasteiger partial charge in [0.25, 0.3) is 5.91 Å². The van der Waals surface area contributed by atoms with Gasteiger partial charge in [-0.3, -0.25) is 43.9 Å². The first-order valence-electron chi connectivity index (χ1n) is 22.7. The van der Waals surface area contributed by atoms with Crippen LogP contribution in [0.3, 0.4) is 0 Å². The van der Waals surface area contributed by atoms with E-state index in [1.807, 2.05) is 53.5 Å². The van der Waals surface area contributed by atoms with Gasteiger partial charge in [-0.2, -0.15) is 12.6 Å². The van der Waals surface area contributed by atoms with Gasteiger partial charge in [0.15, 0.2) is 18.6 Å². The summed E-state index contributed by atoms with van der Waals surface area (Å²) in [6.45, 7) is 14.0. The summed E-state index contributed by atoms with van der Waals surface area (Å²) in [6, 6.07) is 2.45. The highest BCUT2D eigenvalue weighted by Crippen LogP contribution is 2.32. The average Bonchev–Trinajstić information content (AvgIpc) is 3.78. The fourth-order valence-corrected chi connectivity index (χ4v) is 8.37. The second-order valence-electron chi connectivity index (χ2n) is 17.6. The van der Waals surface area contributed by atoms with Crippen LogP contribution in [0.15, 0.2) is 29.6 Å². The number of likely N-dealkylation sites (N-methyl/N-ethyl adjacent to an activating group) is 1. The number of carbonyl (C=O) groups excluding carboxylic acids is 8. The topological polar surface area (TPSA) is 252 Å². The van der Waals surface area contributed by atoms with Crippen LogP contribution in [0, 0.1) is 23.7 Å². The van der Waals surface area contributed by atoms with E-state index in [1.54, 1.807) is 12.1 Å². The summed E-state index contributed by atoms with van der Waals surface area (Å²) in [5, 5.41) is 17.1. The molecular weight excluding hydrogens is 907 g/mol. The van der Waals surface area contributed by atoms with Crippen molar-refractivity contribution in [2.45, 2.75) is 131 Å². The molecule has 2 aromatic rings. The monoisotopic (exact) mass is 975 g/mol. The second kappa shape index (κ2) is 27.5. The minimum atomic E-state index is -1.38. The van der Waals surface area contributed by atoms with Gasteiger partial charge in [-0.25, -0.2) is 15.2 Å². The van der Waals surface area contributed by atoms with Gasteiger partial charge < -0.3 is 34.9 Å². The van der Waals surface area contributed by atoms with Crippen LogP contribution in [0.25, 0.3) is 0 Å². The Labute approximate surface area is 402 Å². The van der Waals surface area contributed by atoms with Crippen LogP contribution in [0.1, 0.15) is 121 Å². The lowest BCUT2D eigenvalue weighted by atomic mass is 9.92. The summed E-state index contributed by atoms with van der Waals surface area (Å²) >= 11 is 4.95. The van der Waals surface area contributed by atoms with E-state index in [0.29, 0.717) is 18.4 Å². The highest BCUT2D eigenvalue weighted by Gasteiger charge is 2.40. The number of rotatable bonds is 24. The average molecular weight is 976 g/mol. The van der Waals surface area contributed by atoms with Crippen LogP contribution in [-0.2, 0) is 49.4 Å². The number of benzene rings is 1. The molecule has 1 aliphatic rings. The molecule has 1 aromatic heterocycles. The Hall–Kier alpha value is -5.28. The van der Waals surface area contributed by atoms with Crippen molar-refractivity contribution in [3.63, 3.8) is 0 Å². The SMILES string of the molecule is CCC(C)[C@H](NC(=O)[C@H]1CCCCN1C)C(=O)N(COC(=O)CC(C)C)[C@H](C[C@H](OC(C)=O)c1nc(C(=O)N[C@@H](Cc2ccc(O)cc2)C(=O)[C@H](C)C(=O)NNC(=O)OCCS)cs1)C(C)C. The molecule has 0 spiro atoms. The van der Waals surface area contributed by atoms with Gasteiger partial charge in [0.2, 0.25) is 17.7 Å². The molecule has 21 heteroatoms. The summed E-state index contributed by atoms with van der Waals surface area (Å²) in [7, 11) is 1.88. The molecule has 3 rings (SSSR count). The number of thiazole rings is 1. The molecule has 0 saturated carbocycles. The normalized spacial score (nSPS) is 16.6. The fourth-order valence-electron chi connectivity index (χ4n) is 7.44. The van der Waals surface area contributed by atoms with Crippen molar-refractivity contribution in [1.29, 1.82) is 0 Å². The van der Waals surface area contributed by atoms with E-state index in [1.165, 1.54) is 36.3 Å². The summed E-state index contributed by atoms with van der Waals surface area (Å²) in [5.41, 5.74) is 4.59. The predicted molar refractivity (Wildman–Crippen MR) is 252 cm³/mol. The third kappa shape index (κ3) is 17.7. The molecule has 1 fully saturated rings. The molecule has 19 nitrogen and oxygen atoms in total. The molecule has 1 saturated heterocycles. The van der Waals surface area contributed by atoms with Crippen molar-refractivity contribution >= 4 is 71.4 Å². The number of hydrogen-bond donors (Lipinski definition) is 6. The zero-order valence-corrected chi connectivity index (χ0v) is 41.7. The third-order valence-corrected chi connectivity index (χ3v) is 12.6. The number of phenolic OH excluding ortho intramolecular Hbond substituents is 1. The summed E-state index contributed by atoms with van der Waals surface area (Å²) < 4.78 is 16.4. The molecular formula is C46H69N7O12S2. The number of hydrogen-bond acceptors (Lipinski definition) is 16. The molecule has 2 heterocycles. The number of piperidine rings is 1. The highest BCUT2D eigenvalue weighted by molar-refractivity contribution is 7.80. The quantitative estimate of drug-likeness (QED) is 0.0212. The number of nitrogens with one attached hydrogen (secondary N) is 4. The van der Waals surface area contributed by atoms with E-state index in [-0.39, 0.29) is 71.7 Å². The molecule has 1 aromatic carbocycles. The third-order valence-electron chi connectivity index (χ3n) is 11.5. The van der Waals surface area contributed by atoms with Crippen molar-refractivity contribution in [1.82, 2.24) is 36.3 Å². The second-order valence-corrected chi connectivity index (χ2v) is 19.0. The molecule has 5 amide bonds. The van der Waals surface area contributed by atoms with Gasteiger partial charge in [-0.15, -0.1) is 11.3 Å². The standard InChI is InChI=1S/C46H69N7O12S2/c1-10-28(6)39(49-43(60)35-13-11-12-18-52(35)9)45(61)53(25-64-38(56)21-26(2)3)36(27(4)5)23-37(65-30(8)54)44-48-34(24-67-44)42(59)47-33(22-31-14-16-32(55)17-15-31)40(57)29(7)41(58)50-51-46(62)63-19-20-66/h14-17,24,26-29,33,35-37,39,55,66H,10-13,18-23,25H2,1-9H3,(H,47,59)(H,49,60)(H,50,58)(H,51,62)/t28?,29-,33-,35+,36+,37-,39-/m0/s1. The van der Waals surface area contributed by atoms with Gasteiger partial charge in [-0.05, 0) is 75.2 Å². The Balaban J connectivity index is 1.97. The lowest BCUT2D eigenvalue weighted by Crippen LogP contribution is -2.59. The number of ketones is 1. The lowest BCUT2D eigenvalue weighted by Gasteiger charge is -2.39. The molecule has 67 heavy (non-hydrogen) atoms. The van der Waals surface area contributed by atoms with E-state index < -0.39 is 84.5 Å². The summed E-state index contributed by atoms with van der Waals surface area (Å²) in [5.74, 6) is -6.16. The molecule has 0 radical (unpaired) electrons. The smallest absolute Gasteiger partial charge is 0.426 e. The van der Waals surface area contributed by atoms with Gasteiger partial charge in [-0.1, -0.05) is 66.5 Å². The van der Waals surface area contributed by atoms with Crippen molar-refractivity contribution < 1.29 is 57.7 Å². The van der Waals surface area contributed by atoms with Crippen LogP contribution in [0.4, 0.5) is 4.79 Å². The van der Waals surface area contributed by atoms with Crippen molar-refractivity contribution in [2.24, 2.45) is 23.7 Å². The van der Waals surface area contributed by atoms with Crippen molar-refractivity contribution in [3.05, 3.63) is 45.9 Å². The van der Waals surface area contributed by atoms with E-state index in [0.717, 1.165) is 30.7 Å². The number of amides is 5. The van der Waals surface area contributed by atoms with Gasteiger partial charge in [0, 0.05) is 36.9 Å². The molecule has 7 atom stereocenters. The Morgan fingerprint density at radius 3 is 2.25 bits per heavy atom. The number of esters is 2. The van der Waals surface area contributed by atoms with Crippen LogP contribution >= 0.6 is 24.0 Å². The molecule has 5 N–H and O–H groups in total. The molecule has 1 aliphatic heterocycles. The zero-order chi connectivity index (χ0) is 50.0. The number of likely N-dealkylation sites (tertiary alicyclic amines) is 1. The first-order valence-corrected chi connectivity index (χ1v) is 24.2. The number of hydrazine groups is 1. The lowest BCUT2D eigenvalue weighted by molar-refractivity contribution is -0.161. The van der Waals surface area contributed by atoms with E-state index in [2.05, 4.69) is 39.1 Å². The number of aromatic hydroxyl groups is 1. The maximum absolute atomic E-state index is 14.9. The Morgan fingerprint density at radius 2 is 1.66 bits per heavy atom. The number of phenols is 1. The van der Waals surface area contributed by atoms with E-state index in [9.17, 15) is 43.5 Å².